The van der Waals surface area contributed by atoms with Crippen molar-refractivity contribution in [2.45, 2.75) is 26.3 Å². The van der Waals surface area contributed by atoms with Gasteiger partial charge in [0.2, 0.25) is 0 Å². The summed E-state index contributed by atoms with van der Waals surface area (Å²) in [5.74, 6) is -0.722. The molecule has 0 saturated carbocycles. The summed E-state index contributed by atoms with van der Waals surface area (Å²) in [5, 5.41) is 8.41. The number of carboxylic acids is 1. The quantitative estimate of drug-likeness (QED) is 0.468. The first kappa shape index (κ1) is 11.2. The van der Waals surface area contributed by atoms with Gasteiger partial charge >= 0.3 is 5.97 Å². The Kier molecular flexibility index (Phi) is 5.85. The van der Waals surface area contributed by atoms with Crippen LogP contribution in [0.1, 0.15) is 20.3 Å². The van der Waals surface area contributed by atoms with Gasteiger partial charge in [0, 0.05) is 12.6 Å². The maximum Gasteiger partial charge on any atom is 0.304 e. The van der Waals surface area contributed by atoms with Gasteiger partial charge in [-0.3, -0.25) is 9.69 Å². The Hall–Kier alpha value is 0.160. The fourth-order valence-corrected chi connectivity index (χ4v) is 1.82. The first-order chi connectivity index (χ1) is 5.07. The Balaban J connectivity index is 3.61. The van der Waals surface area contributed by atoms with Crippen LogP contribution in [-0.2, 0) is 4.79 Å². The molecule has 0 spiro atoms. The van der Waals surface area contributed by atoms with Crippen LogP contribution in [0.4, 0.5) is 0 Å². The summed E-state index contributed by atoms with van der Waals surface area (Å²) in [5.41, 5.74) is 0. The highest BCUT2D eigenvalue weighted by Gasteiger charge is 2.08. The topological polar surface area (TPSA) is 40.5 Å². The lowest BCUT2D eigenvalue weighted by atomic mass is 10.3. The van der Waals surface area contributed by atoms with E-state index in [-0.39, 0.29) is 6.42 Å². The summed E-state index contributed by atoms with van der Waals surface area (Å²) in [4.78, 5) is 12.3. The molecule has 0 aliphatic rings. The van der Waals surface area contributed by atoms with Gasteiger partial charge in [0.15, 0.2) is 0 Å². The van der Waals surface area contributed by atoms with E-state index in [1.54, 1.807) is 0 Å². The molecular formula is C7H14INO2. The van der Waals surface area contributed by atoms with Gasteiger partial charge in [-0.2, -0.15) is 0 Å². The van der Waals surface area contributed by atoms with Crippen LogP contribution in [0.5, 0.6) is 0 Å². The van der Waals surface area contributed by atoms with Gasteiger partial charge < -0.3 is 5.11 Å². The molecule has 0 atom stereocenters. The van der Waals surface area contributed by atoms with E-state index in [4.69, 9.17) is 5.11 Å². The molecular weight excluding hydrogens is 257 g/mol. The number of rotatable bonds is 5. The minimum atomic E-state index is -0.722. The molecule has 3 nitrogen and oxygen atoms in total. The van der Waals surface area contributed by atoms with E-state index in [9.17, 15) is 4.79 Å². The molecule has 0 saturated heterocycles. The van der Waals surface area contributed by atoms with Crippen molar-refractivity contribution in [2.75, 3.05) is 11.1 Å². The van der Waals surface area contributed by atoms with Gasteiger partial charge in [0.05, 0.1) is 11.0 Å². The Morgan fingerprint density at radius 1 is 1.64 bits per heavy atom. The van der Waals surface area contributed by atoms with Gasteiger partial charge in [-0.1, -0.05) is 22.6 Å². The molecule has 11 heavy (non-hydrogen) atoms. The largest absolute Gasteiger partial charge is 0.481 e. The second-order valence-electron chi connectivity index (χ2n) is 2.67. The smallest absolute Gasteiger partial charge is 0.304 e. The lowest BCUT2D eigenvalue weighted by Crippen LogP contribution is -2.31. The number of hydrogen-bond donors (Lipinski definition) is 1. The molecule has 0 radical (unpaired) electrons. The monoisotopic (exact) mass is 271 g/mol. The molecule has 0 amide bonds. The molecule has 0 unspecified atom stereocenters. The highest BCUT2D eigenvalue weighted by Crippen LogP contribution is 2.02. The van der Waals surface area contributed by atoms with Crippen LogP contribution < -0.4 is 0 Å². The summed E-state index contributed by atoms with van der Waals surface area (Å²) >= 11 is 2.24. The van der Waals surface area contributed by atoms with Crippen molar-refractivity contribution >= 4 is 28.6 Å². The Morgan fingerprint density at radius 2 is 2.18 bits per heavy atom. The van der Waals surface area contributed by atoms with Gasteiger partial charge in [-0.05, 0) is 13.8 Å². The van der Waals surface area contributed by atoms with Crippen LogP contribution in [0.2, 0.25) is 0 Å². The van der Waals surface area contributed by atoms with Crippen molar-refractivity contribution in [3.05, 3.63) is 0 Å². The lowest BCUT2D eigenvalue weighted by Gasteiger charge is -2.22. The summed E-state index contributed by atoms with van der Waals surface area (Å²) < 4.78 is 0.892. The highest BCUT2D eigenvalue weighted by molar-refractivity contribution is 14.1. The third-order valence-electron chi connectivity index (χ3n) is 1.50. The molecule has 0 aromatic rings. The van der Waals surface area contributed by atoms with Gasteiger partial charge in [0.25, 0.3) is 0 Å². The van der Waals surface area contributed by atoms with Crippen molar-refractivity contribution in [2.24, 2.45) is 0 Å². The molecule has 0 fully saturated rings. The highest BCUT2D eigenvalue weighted by atomic mass is 127. The van der Waals surface area contributed by atoms with Crippen molar-refractivity contribution in [3.63, 3.8) is 0 Å². The van der Waals surface area contributed by atoms with E-state index in [1.165, 1.54) is 0 Å². The lowest BCUT2D eigenvalue weighted by molar-refractivity contribution is -0.137. The molecule has 0 aliphatic heterocycles. The SMILES string of the molecule is CC(C)N(CI)CCC(=O)O. The van der Waals surface area contributed by atoms with Crippen molar-refractivity contribution in [1.82, 2.24) is 4.90 Å². The molecule has 0 heterocycles. The van der Waals surface area contributed by atoms with Crippen LogP contribution in [0.15, 0.2) is 0 Å². The van der Waals surface area contributed by atoms with Gasteiger partial charge in [-0.25, -0.2) is 0 Å². The minimum Gasteiger partial charge on any atom is -0.481 e. The Bertz CT molecular complexity index is 128. The maximum absolute atomic E-state index is 10.2. The Morgan fingerprint density at radius 3 is 2.45 bits per heavy atom. The normalized spacial score (nSPS) is 11.0. The molecule has 0 bridgehead atoms. The zero-order valence-corrected chi connectivity index (χ0v) is 9.04. The zero-order valence-electron chi connectivity index (χ0n) is 6.88. The summed E-state index contributed by atoms with van der Waals surface area (Å²) in [6, 6.07) is 0.436. The summed E-state index contributed by atoms with van der Waals surface area (Å²) in [7, 11) is 0. The van der Waals surface area contributed by atoms with Crippen LogP contribution in [-0.4, -0.2) is 33.1 Å². The number of nitrogens with zero attached hydrogens (tertiary/aromatic N) is 1. The van der Waals surface area contributed by atoms with E-state index in [0.717, 1.165) is 4.55 Å². The van der Waals surface area contributed by atoms with Gasteiger partial charge in [-0.15, -0.1) is 0 Å². The number of aliphatic carboxylic acids is 1. The fraction of sp³-hybridized carbons (Fsp3) is 0.857. The fourth-order valence-electron chi connectivity index (χ4n) is 0.695. The molecule has 0 aromatic heterocycles. The Labute approximate surface area is 80.9 Å². The van der Waals surface area contributed by atoms with Crippen LogP contribution >= 0.6 is 22.6 Å². The number of carboxylic acid groups (broad SMARTS) is 1. The van der Waals surface area contributed by atoms with Crippen molar-refractivity contribution < 1.29 is 9.90 Å². The molecule has 1 N–H and O–H groups in total. The molecule has 66 valence electrons. The maximum atomic E-state index is 10.2. The van der Waals surface area contributed by atoms with E-state index in [1.807, 2.05) is 0 Å². The van der Waals surface area contributed by atoms with Crippen LogP contribution in [0.25, 0.3) is 0 Å². The van der Waals surface area contributed by atoms with Gasteiger partial charge in [0.1, 0.15) is 0 Å². The van der Waals surface area contributed by atoms with E-state index >= 15 is 0 Å². The number of halogens is 1. The molecule has 0 aliphatic carbocycles. The second-order valence-corrected chi connectivity index (χ2v) is 3.35. The number of alkyl halides is 1. The average molecular weight is 271 g/mol. The third-order valence-corrected chi connectivity index (χ3v) is 2.37. The number of hydrogen-bond acceptors (Lipinski definition) is 2. The molecule has 4 heteroatoms. The third kappa shape index (κ3) is 5.43. The summed E-state index contributed by atoms with van der Waals surface area (Å²) in [6.07, 6.45) is 0.237. The first-order valence-electron chi connectivity index (χ1n) is 3.59. The molecule has 0 rings (SSSR count). The summed E-state index contributed by atoms with van der Waals surface area (Å²) in [6.45, 7) is 4.79. The van der Waals surface area contributed by atoms with Crippen LogP contribution in [0.3, 0.4) is 0 Å². The molecule has 0 aromatic carbocycles. The van der Waals surface area contributed by atoms with E-state index < -0.39 is 5.97 Å². The van der Waals surface area contributed by atoms with Crippen molar-refractivity contribution in [1.29, 1.82) is 0 Å². The number of carbonyl (C=O) groups is 1. The second kappa shape index (κ2) is 5.77. The van der Waals surface area contributed by atoms with E-state index in [0.29, 0.717) is 12.6 Å². The first-order valence-corrected chi connectivity index (χ1v) is 5.12. The predicted molar refractivity (Wildman–Crippen MR) is 53.0 cm³/mol. The predicted octanol–water partition coefficient (Wildman–Crippen LogP) is 1.56. The minimum absolute atomic E-state index is 0.237. The standard InChI is InChI=1S/C7H14INO2/c1-6(2)9(5-8)4-3-7(10)11/h6H,3-5H2,1-2H3,(H,10,11). The average Bonchev–Trinajstić information content (AvgIpc) is 1.87. The van der Waals surface area contributed by atoms with Crippen molar-refractivity contribution in [3.8, 4) is 0 Å². The van der Waals surface area contributed by atoms with E-state index in [2.05, 4.69) is 41.3 Å². The zero-order chi connectivity index (χ0) is 8.85. The van der Waals surface area contributed by atoms with Crippen LogP contribution in [0, 0.1) is 0 Å².